The van der Waals surface area contributed by atoms with Crippen LogP contribution in [0.15, 0.2) is 28.7 Å². The van der Waals surface area contributed by atoms with Gasteiger partial charge in [-0.1, -0.05) is 0 Å². The summed E-state index contributed by atoms with van der Waals surface area (Å²) in [6.07, 6.45) is -1.97. The van der Waals surface area contributed by atoms with Gasteiger partial charge in [-0.25, -0.2) is 13.2 Å². The minimum Gasteiger partial charge on any atom is -0.459 e. The van der Waals surface area contributed by atoms with E-state index in [-0.39, 0.29) is 18.5 Å². The van der Waals surface area contributed by atoms with Crippen LogP contribution in [0, 0.1) is 5.82 Å². The first-order valence-electron chi connectivity index (χ1n) is 6.32. The zero-order valence-electron chi connectivity index (χ0n) is 11.0. The summed E-state index contributed by atoms with van der Waals surface area (Å²) in [7, 11) is 1.74. The number of halogens is 3. The number of ether oxygens (including phenoxy) is 1. The second-order valence-corrected chi connectivity index (χ2v) is 4.43. The van der Waals surface area contributed by atoms with E-state index < -0.39 is 13.0 Å². The zero-order chi connectivity index (χ0) is 14.5. The summed E-state index contributed by atoms with van der Waals surface area (Å²) < 4.78 is 47.5. The molecule has 2 rings (SSSR count). The van der Waals surface area contributed by atoms with Crippen molar-refractivity contribution in [3.05, 3.63) is 35.8 Å². The van der Waals surface area contributed by atoms with E-state index in [1.54, 1.807) is 19.2 Å². The fraction of sp³-hybridized carbons (Fsp3) is 0.429. The van der Waals surface area contributed by atoms with E-state index in [2.05, 4.69) is 5.32 Å². The monoisotopic (exact) mass is 287 g/mol. The summed E-state index contributed by atoms with van der Waals surface area (Å²) in [5.41, 5.74) is 0.593. The van der Waals surface area contributed by atoms with Gasteiger partial charge in [-0.05, 0) is 37.7 Å². The molecule has 6 heteroatoms. The summed E-state index contributed by atoms with van der Waals surface area (Å²) in [5.74, 6) is 0.305. The highest BCUT2D eigenvalue weighted by molar-refractivity contribution is 5.78. The van der Waals surface area contributed by atoms with E-state index in [9.17, 15) is 13.2 Å². The number of benzene rings is 1. The summed E-state index contributed by atoms with van der Waals surface area (Å²) in [6.45, 7) is -0.372. The van der Waals surface area contributed by atoms with E-state index in [4.69, 9.17) is 9.15 Å². The lowest BCUT2D eigenvalue weighted by Gasteiger charge is -2.13. The standard InChI is InChI=1S/C14H16F3NO2/c1-18-11(4-5-19-8-14(16)17)13-7-9-6-10(15)2-3-12(9)20-13/h2-3,6-7,11,14,18H,4-5,8H2,1H3. The molecule has 0 amide bonds. The molecule has 1 unspecified atom stereocenters. The predicted molar refractivity (Wildman–Crippen MR) is 69.4 cm³/mol. The number of fused-ring (bicyclic) bond motifs is 1. The van der Waals surface area contributed by atoms with Crippen LogP contribution in [0.25, 0.3) is 11.0 Å². The molecule has 20 heavy (non-hydrogen) atoms. The van der Waals surface area contributed by atoms with Crippen LogP contribution in [0.4, 0.5) is 13.2 Å². The Labute approximate surface area is 114 Å². The Bertz CT molecular complexity index is 556. The second-order valence-electron chi connectivity index (χ2n) is 4.43. The van der Waals surface area contributed by atoms with Gasteiger partial charge in [0.25, 0.3) is 6.43 Å². The van der Waals surface area contributed by atoms with E-state index >= 15 is 0 Å². The topological polar surface area (TPSA) is 34.4 Å². The van der Waals surface area contributed by atoms with Crippen molar-refractivity contribution in [3.63, 3.8) is 0 Å². The van der Waals surface area contributed by atoms with Gasteiger partial charge >= 0.3 is 0 Å². The third kappa shape index (κ3) is 3.74. The number of hydrogen-bond acceptors (Lipinski definition) is 3. The Morgan fingerprint density at radius 2 is 2.10 bits per heavy atom. The largest absolute Gasteiger partial charge is 0.459 e. The highest BCUT2D eigenvalue weighted by Gasteiger charge is 2.15. The van der Waals surface area contributed by atoms with Gasteiger partial charge in [-0.3, -0.25) is 0 Å². The smallest absolute Gasteiger partial charge is 0.261 e. The van der Waals surface area contributed by atoms with Crippen LogP contribution >= 0.6 is 0 Å². The van der Waals surface area contributed by atoms with Crippen molar-refractivity contribution in [2.45, 2.75) is 18.9 Å². The molecule has 1 aromatic carbocycles. The van der Waals surface area contributed by atoms with Crippen LogP contribution in [0.5, 0.6) is 0 Å². The van der Waals surface area contributed by atoms with E-state index in [1.165, 1.54) is 12.1 Å². The van der Waals surface area contributed by atoms with Gasteiger partial charge in [-0.15, -0.1) is 0 Å². The molecule has 110 valence electrons. The molecule has 1 N–H and O–H groups in total. The molecule has 1 atom stereocenters. The Kier molecular flexibility index (Phi) is 5.03. The van der Waals surface area contributed by atoms with Crippen molar-refractivity contribution < 1.29 is 22.3 Å². The fourth-order valence-electron chi connectivity index (χ4n) is 2.01. The van der Waals surface area contributed by atoms with Crippen LogP contribution in [0.2, 0.25) is 0 Å². The predicted octanol–water partition coefficient (Wildman–Crippen LogP) is 3.50. The molecule has 0 aliphatic rings. The van der Waals surface area contributed by atoms with E-state index in [1.807, 2.05) is 0 Å². The maximum atomic E-state index is 13.1. The van der Waals surface area contributed by atoms with Crippen molar-refractivity contribution in [3.8, 4) is 0 Å². The van der Waals surface area contributed by atoms with Crippen molar-refractivity contribution in [2.24, 2.45) is 0 Å². The molecule has 0 fully saturated rings. The average Bonchev–Trinajstić information content (AvgIpc) is 2.81. The molecule has 1 aromatic heterocycles. The molecule has 3 nitrogen and oxygen atoms in total. The van der Waals surface area contributed by atoms with Crippen molar-refractivity contribution in [2.75, 3.05) is 20.3 Å². The van der Waals surface area contributed by atoms with Gasteiger partial charge in [0.15, 0.2) is 0 Å². The van der Waals surface area contributed by atoms with Crippen molar-refractivity contribution in [1.29, 1.82) is 0 Å². The maximum Gasteiger partial charge on any atom is 0.261 e. The molecular formula is C14H16F3NO2. The maximum absolute atomic E-state index is 13.1. The molecular weight excluding hydrogens is 271 g/mol. The van der Waals surface area contributed by atoms with Crippen molar-refractivity contribution >= 4 is 11.0 Å². The van der Waals surface area contributed by atoms with E-state index in [0.717, 1.165) is 0 Å². The van der Waals surface area contributed by atoms with Gasteiger partial charge in [0, 0.05) is 12.0 Å². The van der Waals surface area contributed by atoms with Gasteiger partial charge in [0.1, 0.15) is 23.8 Å². The molecule has 1 heterocycles. The van der Waals surface area contributed by atoms with Crippen molar-refractivity contribution in [1.82, 2.24) is 5.32 Å². The molecule has 0 bridgehead atoms. The molecule has 0 saturated carbocycles. The fourth-order valence-corrected chi connectivity index (χ4v) is 2.01. The SMILES string of the molecule is CNC(CCOCC(F)F)c1cc2cc(F)ccc2o1. The number of hydrogen-bond donors (Lipinski definition) is 1. The second kappa shape index (κ2) is 6.76. The number of rotatable bonds is 7. The quantitative estimate of drug-likeness (QED) is 0.791. The third-order valence-electron chi connectivity index (χ3n) is 2.98. The first-order valence-corrected chi connectivity index (χ1v) is 6.32. The first kappa shape index (κ1) is 14.9. The summed E-state index contributed by atoms with van der Waals surface area (Å²) in [4.78, 5) is 0. The Morgan fingerprint density at radius 1 is 1.30 bits per heavy atom. The summed E-state index contributed by atoms with van der Waals surface area (Å²) in [5, 5.41) is 3.70. The molecule has 0 saturated heterocycles. The lowest BCUT2D eigenvalue weighted by molar-refractivity contribution is 0.0141. The molecule has 0 aliphatic heterocycles. The normalized spacial score (nSPS) is 13.2. The van der Waals surface area contributed by atoms with Crippen LogP contribution in [0.3, 0.4) is 0 Å². The molecule has 0 aliphatic carbocycles. The highest BCUT2D eigenvalue weighted by atomic mass is 19.3. The average molecular weight is 287 g/mol. The Hall–Kier alpha value is -1.53. The van der Waals surface area contributed by atoms with Gasteiger partial charge in [-0.2, -0.15) is 0 Å². The molecule has 0 spiro atoms. The lowest BCUT2D eigenvalue weighted by Crippen LogP contribution is -2.18. The Balaban J connectivity index is 2.01. The minimum atomic E-state index is -2.46. The summed E-state index contributed by atoms with van der Waals surface area (Å²) >= 11 is 0. The third-order valence-corrected chi connectivity index (χ3v) is 2.98. The Morgan fingerprint density at radius 3 is 2.80 bits per heavy atom. The van der Waals surface area contributed by atoms with Crippen LogP contribution in [0.1, 0.15) is 18.2 Å². The number of alkyl halides is 2. The van der Waals surface area contributed by atoms with Gasteiger partial charge in [0.2, 0.25) is 0 Å². The van der Waals surface area contributed by atoms with Crippen LogP contribution < -0.4 is 5.32 Å². The summed E-state index contributed by atoms with van der Waals surface area (Å²) in [6, 6.07) is 5.86. The van der Waals surface area contributed by atoms with Gasteiger partial charge < -0.3 is 14.5 Å². The van der Waals surface area contributed by atoms with Crippen LogP contribution in [-0.2, 0) is 4.74 Å². The zero-order valence-corrected chi connectivity index (χ0v) is 11.0. The first-order chi connectivity index (χ1) is 9.60. The number of furan rings is 1. The number of nitrogens with one attached hydrogen (secondary N) is 1. The lowest BCUT2D eigenvalue weighted by atomic mass is 10.1. The highest BCUT2D eigenvalue weighted by Crippen LogP contribution is 2.26. The minimum absolute atomic E-state index is 0.164. The van der Waals surface area contributed by atoms with Gasteiger partial charge in [0.05, 0.1) is 6.04 Å². The van der Waals surface area contributed by atoms with E-state index in [0.29, 0.717) is 23.2 Å². The van der Waals surface area contributed by atoms with Crippen LogP contribution in [-0.4, -0.2) is 26.7 Å². The molecule has 0 radical (unpaired) electrons. The molecule has 2 aromatic rings.